The zero-order chi connectivity index (χ0) is 18.9. The van der Waals surface area contributed by atoms with Crippen molar-refractivity contribution in [1.29, 1.82) is 0 Å². The lowest BCUT2D eigenvalue weighted by atomic mass is 10.1. The Balaban J connectivity index is 1.78. The summed E-state index contributed by atoms with van der Waals surface area (Å²) in [6.07, 6.45) is 1.02. The van der Waals surface area contributed by atoms with Crippen molar-refractivity contribution in [2.75, 3.05) is 6.54 Å². The minimum absolute atomic E-state index is 0.101. The molecule has 0 radical (unpaired) electrons. The summed E-state index contributed by atoms with van der Waals surface area (Å²) in [5.41, 5.74) is 1.68. The van der Waals surface area contributed by atoms with Crippen LogP contribution in [0.2, 0.25) is 5.02 Å². The molecule has 0 aliphatic heterocycles. The van der Waals surface area contributed by atoms with E-state index < -0.39 is 0 Å². The molecule has 0 aliphatic rings. The van der Waals surface area contributed by atoms with Crippen molar-refractivity contribution in [3.8, 4) is 0 Å². The fourth-order valence-electron chi connectivity index (χ4n) is 2.63. The summed E-state index contributed by atoms with van der Waals surface area (Å²) in [4.78, 5) is 26.4. The Labute approximate surface area is 160 Å². The van der Waals surface area contributed by atoms with Gasteiger partial charge in [-0.1, -0.05) is 41.9 Å². The number of nitrogens with zero attached hydrogens (tertiary/aromatic N) is 1. The highest BCUT2D eigenvalue weighted by Gasteiger charge is 2.17. The first-order chi connectivity index (χ1) is 12.5. The molecule has 2 aromatic carbocycles. The average Bonchev–Trinajstić information content (AvgIpc) is 2.64. The molecule has 0 atom stereocenters. The van der Waals surface area contributed by atoms with Crippen LogP contribution in [0.15, 0.2) is 54.6 Å². The topological polar surface area (TPSA) is 49.4 Å². The van der Waals surface area contributed by atoms with E-state index in [9.17, 15) is 9.59 Å². The van der Waals surface area contributed by atoms with Gasteiger partial charge < -0.3 is 10.2 Å². The van der Waals surface area contributed by atoms with Gasteiger partial charge in [-0.15, -0.1) is 0 Å². The van der Waals surface area contributed by atoms with Crippen LogP contribution in [-0.4, -0.2) is 29.3 Å². The number of benzene rings is 2. The Morgan fingerprint density at radius 2 is 1.69 bits per heavy atom. The molecule has 0 heterocycles. The van der Waals surface area contributed by atoms with Crippen LogP contribution in [0.1, 0.15) is 42.6 Å². The largest absolute Gasteiger partial charge is 0.352 e. The lowest BCUT2D eigenvalue weighted by molar-refractivity contribution is -0.133. The molecule has 26 heavy (non-hydrogen) atoms. The molecule has 1 N–H and O–H groups in total. The number of halogens is 1. The van der Waals surface area contributed by atoms with E-state index >= 15 is 0 Å². The molecule has 0 saturated carbocycles. The van der Waals surface area contributed by atoms with Gasteiger partial charge in [-0.05, 0) is 50.1 Å². The summed E-state index contributed by atoms with van der Waals surface area (Å²) in [7, 11) is 0. The molecule has 2 aromatic rings. The van der Waals surface area contributed by atoms with Crippen molar-refractivity contribution < 1.29 is 9.59 Å². The van der Waals surface area contributed by atoms with Crippen molar-refractivity contribution in [2.45, 2.75) is 39.3 Å². The van der Waals surface area contributed by atoms with Gasteiger partial charge in [-0.2, -0.15) is 0 Å². The molecule has 5 heteroatoms. The normalized spacial score (nSPS) is 10.6. The van der Waals surface area contributed by atoms with Crippen molar-refractivity contribution >= 4 is 23.4 Å². The van der Waals surface area contributed by atoms with Gasteiger partial charge in [0.25, 0.3) is 5.91 Å². The molecule has 0 aromatic heterocycles. The minimum atomic E-state index is -0.154. The second-order valence-electron chi connectivity index (χ2n) is 6.47. The molecule has 4 nitrogen and oxygen atoms in total. The van der Waals surface area contributed by atoms with E-state index in [-0.39, 0.29) is 17.9 Å². The molecule has 0 aliphatic carbocycles. The van der Waals surface area contributed by atoms with Crippen molar-refractivity contribution in [1.82, 2.24) is 10.2 Å². The van der Waals surface area contributed by atoms with Gasteiger partial charge in [0.2, 0.25) is 5.91 Å². The minimum Gasteiger partial charge on any atom is -0.352 e. The van der Waals surface area contributed by atoms with E-state index in [1.54, 1.807) is 24.3 Å². The van der Waals surface area contributed by atoms with Crippen LogP contribution >= 0.6 is 11.6 Å². The molecule has 2 rings (SSSR count). The van der Waals surface area contributed by atoms with E-state index in [1.165, 1.54) is 0 Å². The summed E-state index contributed by atoms with van der Waals surface area (Å²) < 4.78 is 0. The van der Waals surface area contributed by atoms with E-state index in [4.69, 9.17) is 11.6 Å². The van der Waals surface area contributed by atoms with E-state index in [0.717, 1.165) is 5.56 Å². The summed E-state index contributed by atoms with van der Waals surface area (Å²) in [6, 6.07) is 16.8. The highest BCUT2D eigenvalue weighted by Crippen LogP contribution is 2.11. The van der Waals surface area contributed by atoms with Crippen molar-refractivity contribution in [3.63, 3.8) is 0 Å². The highest BCUT2D eigenvalue weighted by molar-refractivity contribution is 6.30. The third kappa shape index (κ3) is 6.19. The molecular formula is C21H25ClN2O2. The lowest BCUT2D eigenvalue weighted by Crippen LogP contribution is -2.36. The van der Waals surface area contributed by atoms with Gasteiger partial charge in [-0.25, -0.2) is 0 Å². The Bertz CT molecular complexity index is 715. The van der Waals surface area contributed by atoms with E-state index in [0.29, 0.717) is 36.5 Å². The van der Waals surface area contributed by atoms with Crippen LogP contribution in [-0.2, 0) is 11.3 Å². The van der Waals surface area contributed by atoms with Crippen LogP contribution in [0.4, 0.5) is 0 Å². The first kappa shape index (κ1) is 20.0. The Morgan fingerprint density at radius 1 is 1.04 bits per heavy atom. The molecule has 138 valence electrons. The predicted octanol–water partition coefficient (Wildman–Crippen LogP) is 4.29. The van der Waals surface area contributed by atoms with E-state index in [1.807, 2.05) is 49.1 Å². The second kappa shape index (κ2) is 9.97. The molecule has 0 spiro atoms. The van der Waals surface area contributed by atoms with Gasteiger partial charge in [0.15, 0.2) is 0 Å². The first-order valence-corrected chi connectivity index (χ1v) is 9.22. The molecule has 0 saturated heterocycles. The molecule has 0 bridgehead atoms. The SMILES string of the molecule is CC(C)N(Cc1ccccc1)C(=O)CCCNC(=O)c1ccc(Cl)cc1. The first-order valence-electron chi connectivity index (χ1n) is 8.84. The number of rotatable bonds is 8. The standard InChI is InChI=1S/C21H25ClN2O2/c1-16(2)24(15-17-7-4-3-5-8-17)20(25)9-6-14-23-21(26)18-10-12-19(22)13-11-18/h3-5,7-8,10-13,16H,6,9,14-15H2,1-2H3,(H,23,26). The highest BCUT2D eigenvalue weighted by atomic mass is 35.5. The van der Waals surface area contributed by atoms with E-state index in [2.05, 4.69) is 5.32 Å². The van der Waals surface area contributed by atoms with Gasteiger partial charge in [0.05, 0.1) is 0 Å². The van der Waals surface area contributed by atoms with Crippen molar-refractivity contribution in [2.24, 2.45) is 0 Å². The molecular weight excluding hydrogens is 348 g/mol. The monoisotopic (exact) mass is 372 g/mol. The maximum atomic E-state index is 12.5. The number of carbonyl (C=O) groups excluding carboxylic acids is 2. The van der Waals surface area contributed by atoms with Crippen molar-refractivity contribution in [3.05, 3.63) is 70.7 Å². The fraction of sp³-hybridized carbons (Fsp3) is 0.333. The van der Waals surface area contributed by atoms with Crippen LogP contribution < -0.4 is 5.32 Å². The van der Waals surface area contributed by atoms with Gasteiger partial charge in [0, 0.05) is 36.1 Å². The van der Waals surface area contributed by atoms with Crippen LogP contribution in [0.5, 0.6) is 0 Å². The van der Waals surface area contributed by atoms with Gasteiger partial charge in [0.1, 0.15) is 0 Å². The fourth-order valence-corrected chi connectivity index (χ4v) is 2.75. The number of hydrogen-bond donors (Lipinski definition) is 1. The van der Waals surface area contributed by atoms with Gasteiger partial charge >= 0.3 is 0 Å². The number of nitrogens with one attached hydrogen (secondary N) is 1. The Kier molecular flexibility index (Phi) is 7.67. The summed E-state index contributed by atoms with van der Waals surface area (Å²) in [5, 5.41) is 3.44. The second-order valence-corrected chi connectivity index (χ2v) is 6.90. The quantitative estimate of drug-likeness (QED) is 0.703. The summed E-state index contributed by atoms with van der Waals surface area (Å²) in [5.74, 6) is -0.0521. The maximum absolute atomic E-state index is 12.5. The lowest BCUT2D eigenvalue weighted by Gasteiger charge is -2.27. The molecule has 0 fully saturated rings. The Hall–Kier alpha value is -2.33. The summed E-state index contributed by atoms with van der Waals surface area (Å²) in [6.45, 7) is 5.10. The average molecular weight is 373 g/mol. The smallest absolute Gasteiger partial charge is 0.251 e. The molecule has 0 unspecified atom stereocenters. The van der Waals surface area contributed by atoms with Crippen LogP contribution in [0.25, 0.3) is 0 Å². The number of carbonyl (C=O) groups is 2. The number of amides is 2. The van der Waals surface area contributed by atoms with Crippen LogP contribution in [0, 0.1) is 0 Å². The van der Waals surface area contributed by atoms with Crippen LogP contribution in [0.3, 0.4) is 0 Å². The number of hydrogen-bond acceptors (Lipinski definition) is 2. The third-order valence-electron chi connectivity index (χ3n) is 4.10. The predicted molar refractivity (Wildman–Crippen MR) is 105 cm³/mol. The maximum Gasteiger partial charge on any atom is 0.251 e. The Morgan fingerprint density at radius 3 is 2.31 bits per heavy atom. The summed E-state index contributed by atoms with van der Waals surface area (Å²) >= 11 is 5.82. The molecule has 2 amide bonds. The zero-order valence-corrected chi connectivity index (χ0v) is 16.0. The van der Waals surface area contributed by atoms with Gasteiger partial charge in [-0.3, -0.25) is 9.59 Å². The zero-order valence-electron chi connectivity index (χ0n) is 15.2. The third-order valence-corrected chi connectivity index (χ3v) is 4.35.